The zero-order valence-corrected chi connectivity index (χ0v) is 34.8. The molecule has 0 aromatic carbocycles. The summed E-state index contributed by atoms with van der Waals surface area (Å²) in [4.78, 5) is 77.3. The van der Waals surface area contributed by atoms with E-state index in [4.69, 9.17) is 9.47 Å². The fraction of sp³-hybridized carbons (Fsp3) is 0.702. The molecule has 0 saturated heterocycles. The molecule has 3 N–H and O–H groups in total. The van der Waals surface area contributed by atoms with Gasteiger partial charge in [-0.3, -0.25) is 28.8 Å². The van der Waals surface area contributed by atoms with E-state index in [1.54, 1.807) is 25.2 Å². The third-order valence-electron chi connectivity index (χ3n) is 17.7. The molecule has 8 aliphatic carbocycles. The maximum atomic E-state index is 17.4. The zero-order chi connectivity index (χ0) is 42.7. The number of halogens is 1. The Balaban J connectivity index is 0.835. The van der Waals surface area contributed by atoms with Gasteiger partial charge in [0.05, 0.1) is 25.0 Å². The summed E-state index contributed by atoms with van der Waals surface area (Å²) in [5.41, 5.74) is -5.45. The van der Waals surface area contributed by atoms with Gasteiger partial charge in [-0.25, -0.2) is 4.39 Å². The molecule has 6 saturated carbocycles. The van der Waals surface area contributed by atoms with Crippen LogP contribution in [0.5, 0.6) is 0 Å². The number of ether oxygens (including phenoxy) is 2. The summed E-state index contributed by atoms with van der Waals surface area (Å²) in [6, 6.07) is 0. The van der Waals surface area contributed by atoms with Crippen molar-refractivity contribution in [1.82, 2.24) is 0 Å². The highest BCUT2D eigenvalue weighted by atomic mass is 19.1. The van der Waals surface area contributed by atoms with Gasteiger partial charge < -0.3 is 24.8 Å². The van der Waals surface area contributed by atoms with E-state index in [-0.39, 0.29) is 66.2 Å². The van der Waals surface area contributed by atoms with Gasteiger partial charge in [-0.1, -0.05) is 51.0 Å². The summed E-state index contributed by atoms with van der Waals surface area (Å²) in [7, 11) is 0. The van der Waals surface area contributed by atoms with Crippen LogP contribution in [-0.2, 0) is 38.2 Å². The van der Waals surface area contributed by atoms with Crippen LogP contribution in [0.15, 0.2) is 47.6 Å². The standard InChI is InChI=1S/C47H59FO11/c1-25-18-33-32-9-7-27-20-29(50)13-16-44(27,4)47(32,48)36(53)22-43(33,3)40(25)35(52)23-58-38(55)10-11-39(56)59-24-37(54)46(57)17-14-31-30-8-6-26-19-28(49)12-15-42(26,2)41(30)34(51)21-45(31,46)5/h12-13,15-16,19-20,25,30-34,36,40-41,51,53,57H,6-11,14,17-18,21-24H2,1-5H3. The van der Waals surface area contributed by atoms with Crippen molar-refractivity contribution < 1.29 is 58.0 Å². The minimum atomic E-state index is -2.01. The lowest BCUT2D eigenvalue weighted by Gasteiger charge is -2.61. The number of esters is 2. The molecule has 0 aromatic heterocycles. The number of alkyl halides is 1. The lowest BCUT2D eigenvalue weighted by molar-refractivity contribution is -0.196. The van der Waals surface area contributed by atoms with E-state index in [9.17, 15) is 44.1 Å². The molecule has 0 amide bonds. The summed E-state index contributed by atoms with van der Waals surface area (Å²) in [6.07, 6.45) is 10.5. The average molecular weight is 819 g/mol. The quantitative estimate of drug-likeness (QED) is 0.259. The van der Waals surface area contributed by atoms with E-state index in [2.05, 4.69) is 6.92 Å². The Kier molecular flexibility index (Phi) is 10.2. The third-order valence-corrected chi connectivity index (χ3v) is 17.7. The largest absolute Gasteiger partial charge is 0.458 e. The van der Waals surface area contributed by atoms with Crippen LogP contribution in [0.25, 0.3) is 0 Å². The van der Waals surface area contributed by atoms with Gasteiger partial charge in [-0.2, -0.15) is 0 Å². The molecule has 15 unspecified atom stereocenters. The number of rotatable bonds is 9. The first-order valence-corrected chi connectivity index (χ1v) is 21.7. The number of hydrogen-bond donors (Lipinski definition) is 3. The van der Waals surface area contributed by atoms with Crippen LogP contribution in [0.3, 0.4) is 0 Å². The number of allylic oxidation sites excluding steroid dienone is 8. The summed E-state index contributed by atoms with van der Waals surface area (Å²) in [5, 5.41) is 35.2. The predicted octanol–water partition coefficient (Wildman–Crippen LogP) is 5.23. The van der Waals surface area contributed by atoms with Crippen molar-refractivity contribution in [1.29, 1.82) is 0 Å². The van der Waals surface area contributed by atoms with Crippen LogP contribution >= 0.6 is 0 Å². The van der Waals surface area contributed by atoms with E-state index in [1.807, 2.05) is 26.8 Å². The average Bonchev–Trinajstić information content (AvgIpc) is 3.60. The van der Waals surface area contributed by atoms with Crippen molar-refractivity contribution >= 4 is 35.1 Å². The molecule has 12 heteroatoms. The first kappa shape index (κ1) is 42.1. The minimum Gasteiger partial charge on any atom is -0.458 e. The van der Waals surface area contributed by atoms with Crippen LogP contribution in [0.4, 0.5) is 4.39 Å². The summed E-state index contributed by atoms with van der Waals surface area (Å²) < 4.78 is 28.1. The van der Waals surface area contributed by atoms with Gasteiger partial charge in [0.15, 0.2) is 29.6 Å². The van der Waals surface area contributed by atoms with E-state index < -0.39 is 101 Å². The molecule has 11 nitrogen and oxygen atoms in total. The van der Waals surface area contributed by atoms with E-state index in [0.29, 0.717) is 37.7 Å². The molecule has 6 fully saturated rings. The molecule has 0 aromatic rings. The first-order chi connectivity index (χ1) is 27.6. The molecule has 0 bridgehead atoms. The van der Waals surface area contributed by atoms with Crippen LogP contribution in [0.1, 0.15) is 105 Å². The molecule has 0 spiro atoms. The van der Waals surface area contributed by atoms with Gasteiger partial charge in [0.1, 0.15) is 12.2 Å². The van der Waals surface area contributed by atoms with Gasteiger partial charge in [0.2, 0.25) is 5.78 Å². The van der Waals surface area contributed by atoms with Crippen molar-refractivity contribution in [3.8, 4) is 0 Å². The number of fused-ring (bicyclic) bond motifs is 10. The molecule has 59 heavy (non-hydrogen) atoms. The fourth-order valence-electron chi connectivity index (χ4n) is 14.9. The molecule has 0 radical (unpaired) electrons. The molecule has 320 valence electrons. The Morgan fingerprint density at radius 1 is 0.814 bits per heavy atom. The SMILES string of the molecule is CC1CC2C3CCC4=CC(=O)C=CC4(C)C3(F)C(O)CC2(C)C1C(=O)COC(=O)CCC(=O)OCC(=O)C1(O)CCC2C3CCC4=CC(=O)C=CC4(C)C3C(O)CC21C. The van der Waals surface area contributed by atoms with Gasteiger partial charge >= 0.3 is 11.9 Å². The predicted molar refractivity (Wildman–Crippen MR) is 211 cm³/mol. The van der Waals surface area contributed by atoms with Gasteiger partial charge in [-0.15, -0.1) is 0 Å². The number of hydrogen-bond acceptors (Lipinski definition) is 11. The number of Topliss-reactive ketones (excluding diaryl/α,β-unsaturated/α-hetero) is 2. The highest BCUT2D eigenvalue weighted by molar-refractivity contribution is 6.02. The Bertz CT molecular complexity index is 2000. The molecule has 15 atom stereocenters. The van der Waals surface area contributed by atoms with Crippen LogP contribution < -0.4 is 0 Å². The normalized spacial score (nSPS) is 46.7. The smallest absolute Gasteiger partial charge is 0.306 e. The maximum absolute atomic E-state index is 17.4. The van der Waals surface area contributed by atoms with Crippen molar-refractivity contribution in [3.05, 3.63) is 47.6 Å². The first-order valence-electron chi connectivity index (χ1n) is 21.7. The van der Waals surface area contributed by atoms with Crippen molar-refractivity contribution in [2.24, 2.45) is 63.1 Å². The molecule has 8 aliphatic rings. The summed E-state index contributed by atoms with van der Waals surface area (Å²) in [6.45, 7) is 8.28. The van der Waals surface area contributed by atoms with Crippen LogP contribution in [0, 0.1) is 63.1 Å². The van der Waals surface area contributed by atoms with Crippen molar-refractivity contribution in [2.45, 2.75) is 129 Å². The lowest BCUT2D eigenvalue weighted by atomic mass is 9.45. The molecular weight excluding hydrogens is 760 g/mol. The molecular formula is C47H59FO11. The molecule has 8 rings (SSSR count). The summed E-state index contributed by atoms with van der Waals surface area (Å²) >= 11 is 0. The Morgan fingerprint density at radius 3 is 2.14 bits per heavy atom. The second kappa shape index (κ2) is 14.2. The zero-order valence-electron chi connectivity index (χ0n) is 34.8. The minimum absolute atomic E-state index is 0.0191. The molecule has 0 aliphatic heterocycles. The number of carbonyl (C=O) groups is 6. The van der Waals surface area contributed by atoms with E-state index >= 15 is 4.39 Å². The Labute approximate surface area is 344 Å². The number of ketones is 4. The number of aliphatic hydroxyl groups is 3. The highest BCUT2D eigenvalue weighted by Gasteiger charge is 2.72. The Morgan fingerprint density at radius 2 is 1.44 bits per heavy atom. The summed E-state index contributed by atoms with van der Waals surface area (Å²) in [5.74, 6) is -4.56. The van der Waals surface area contributed by atoms with Gasteiger partial charge in [-0.05, 0) is 118 Å². The van der Waals surface area contributed by atoms with E-state index in [1.165, 1.54) is 12.2 Å². The number of carbonyl (C=O) groups excluding carboxylic acids is 6. The monoisotopic (exact) mass is 818 g/mol. The van der Waals surface area contributed by atoms with Gasteiger partial charge in [0, 0.05) is 34.0 Å². The maximum Gasteiger partial charge on any atom is 0.306 e. The topological polar surface area (TPSA) is 182 Å². The lowest BCUT2D eigenvalue weighted by Crippen LogP contribution is -2.66. The molecule has 0 heterocycles. The van der Waals surface area contributed by atoms with Gasteiger partial charge in [0.25, 0.3) is 0 Å². The fourth-order valence-corrected chi connectivity index (χ4v) is 14.9. The van der Waals surface area contributed by atoms with Crippen LogP contribution in [0.2, 0.25) is 0 Å². The second-order valence-electron chi connectivity index (χ2n) is 20.4. The second-order valence-corrected chi connectivity index (χ2v) is 20.4. The highest BCUT2D eigenvalue weighted by Crippen LogP contribution is 2.70. The van der Waals surface area contributed by atoms with E-state index in [0.717, 1.165) is 12.0 Å². The number of aliphatic hydroxyl groups excluding tert-OH is 2. The van der Waals surface area contributed by atoms with Crippen LogP contribution in [-0.4, -0.2) is 87.1 Å². The third kappa shape index (κ3) is 6.03. The van der Waals surface area contributed by atoms with Crippen molar-refractivity contribution in [3.63, 3.8) is 0 Å². The van der Waals surface area contributed by atoms with Crippen molar-refractivity contribution in [2.75, 3.05) is 13.2 Å². The Hall–Kier alpha value is -3.61.